The number of furan rings is 1. The van der Waals surface area contributed by atoms with Crippen molar-refractivity contribution in [2.45, 2.75) is 38.5 Å². The van der Waals surface area contributed by atoms with Crippen LogP contribution in [-0.4, -0.2) is 0 Å². The Labute approximate surface area is 101 Å². The number of rotatable bonds is 5. The molecule has 1 nitrogen and oxygen atoms in total. The van der Waals surface area contributed by atoms with E-state index in [1.165, 1.54) is 23.3 Å². The minimum atomic E-state index is 0.598. The van der Waals surface area contributed by atoms with Crippen LogP contribution in [-0.2, 0) is 0 Å². The molecule has 0 fully saturated rings. The molecule has 2 aromatic rings. The van der Waals surface area contributed by atoms with Gasteiger partial charge in [-0.05, 0) is 47.8 Å². The molecule has 2 unspecified atom stereocenters. The zero-order chi connectivity index (χ0) is 11.4. The fourth-order valence-electron chi connectivity index (χ4n) is 1.94. The van der Waals surface area contributed by atoms with Crippen LogP contribution in [0, 0.1) is 0 Å². The summed E-state index contributed by atoms with van der Waals surface area (Å²) in [5.74, 6) is 1.27. The molecule has 2 heterocycles. The van der Waals surface area contributed by atoms with Crippen LogP contribution in [0.4, 0.5) is 0 Å². The first-order valence-electron chi connectivity index (χ1n) is 5.83. The molecule has 0 saturated carbocycles. The Kier molecular flexibility index (Phi) is 3.83. The Morgan fingerprint density at radius 2 is 2.00 bits per heavy atom. The first-order chi connectivity index (χ1) is 7.77. The van der Waals surface area contributed by atoms with Gasteiger partial charge in [0.2, 0.25) is 0 Å². The Morgan fingerprint density at radius 1 is 1.19 bits per heavy atom. The van der Waals surface area contributed by atoms with Gasteiger partial charge in [-0.3, -0.25) is 0 Å². The highest BCUT2D eigenvalue weighted by molar-refractivity contribution is 7.10. The average Bonchev–Trinajstić information content (AvgIpc) is 2.95. The van der Waals surface area contributed by atoms with Gasteiger partial charge < -0.3 is 4.42 Å². The van der Waals surface area contributed by atoms with Gasteiger partial charge in [-0.1, -0.05) is 19.9 Å². The molecular weight excluding hydrogens is 216 g/mol. The van der Waals surface area contributed by atoms with E-state index >= 15 is 0 Å². The van der Waals surface area contributed by atoms with E-state index in [9.17, 15) is 0 Å². The number of thiophene rings is 1. The highest BCUT2D eigenvalue weighted by atomic mass is 32.1. The van der Waals surface area contributed by atoms with E-state index in [1.807, 2.05) is 17.6 Å². The monoisotopic (exact) mass is 234 g/mol. The topological polar surface area (TPSA) is 13.1 Å². The van der Waals surface area contributed by atoms with Crippen molar-refractivity contribution >= 4 is 11.3 Å². The maximum Gasteiger partial charge on any atom is 0.0937 e. The van der Waals surface area contributed by atoms with Crippen LogP contribution in [0.15, 0.2) is 40.5 Å². The molecule has 0 amide bonds. The molecule has 0 bridgehead atoms. The molecule has 0 spiro atoms. The van der Waals surface area contributed by atoms with Crippen LogP contribution in [0.3, 0.4) is 0 Å². The highest BCUT2D eigenvalue weighted by Gasteiger charge is 2.11. The maximum atomic E-state index is 5.12. The summed E-state index contributed by atoms with van der Waals surface area (Å²) in [5.41, 5.74) is 1.32. The Hall–Kier alpha value is -1.02. The van der Waals surface area contributed by atoms with Crippen molar-refractivity contribution < 1.29 is 4.42 Å². The van der Waals surface area contributed by atoms with Crippen molar-refractivity contribution in [1.29, 1.82) is 0 Å². The fraction of sp³-hybridized carbons (Fsp3) is 0.429. The van der Waals surface area contributed by atoms with Gasteiger partial charge in [-0.2, -0.15) is 0 Å². The fourth-order valence-corrected chi connectivity index (χ4v) is 2.76. The van der Waals surface area contributed by atoms with Gasteiger partial charge in [-0.25, -0.2) is 0 Å². The quantitative estimate of drug-likeness (QED) is 0.707. The molecule has 2 aromatic heterocycles. The Balaban J connectivity index is 1.84. The first kappa shape index (κ1) is 11.5. The minimum absolute atomic E-state index is 0.598. The second-order valence-corrected chi connectivity index (χ2v) is 5.43. The Bertz CT molecular complexity index is 348. The molecule has 0 aliphatic rings. The molecule has 86 valence electrons. The molecule has 0 saturated heterocycles. The summed E-state index contributed by atoms with van der Waals surface area (Å²) in [7, 11) is 0. The molecule has 2 atom stereocenters. The predicted molar refractivity (Wildman–Crippen MR) is 69.1 cm³/mol. The summed E-state index contributed by atoms with van der Waals surface area (Å²) in [6, 6.07) is 6.44. The summed E-state index contributed by atoms with van der Waals surface area (Å²) in [6.07, 6.45) is 6.08. The van der Waals surface area contributed by atoms with Crippen molar-refractivity contribution in [2.75, 3.05) is 0 Å². The third-order valence-electron chi connectivity index (χ3n) is 3.17. The molecule has 2 heteroatoms. The summed E-state index contributed by atoms with van der Waals surface area (Å²) in [6.45, 7) is 4.58. The molecular formula is C14H18OS. The number of hydrogen-bond donors (Lipinski definition) is 0. The van der Waals surface area contributed by atoms with Gasteiger partial charge in [-0.15, -0.1) is 11.3 Å². The Morgan fingerprint density at radius 3 is 2.62 bits per heavy atom. The molecule has 0 aliphatic heterocycles. The highest BCUT2D eigenvalue weighted by Crippen LogP contribution is 2.29. The van der Waals surface area contributed by atoms with Gasteiger partial charge in [0.05, 0.1) is 12.5 Å². The molecule has 16 heavy (non-hydrogen) atoms. The van der Waals surface area contributed by atoms with Gasteiger partial charge in [0.1, 0.15) is 0 Å². The lowest BCUT2D eigenvalue weighted by atomic mass is 9.93. The van der Waals surface area contributed by atoms with Crippen molar-refractivity contribution in [3.05, 3.63) is 46.5 Å². The van der Waals surface area contributed by atoms with Gasteiger partial charge in [0, 0.05) is 4.88 Å². The van der Waals surface area contributed by atoms with Crippen LogP contribution < -0.4 is 0 Å². The van der Waals surface area contributed by atoms with Crippen LogP contribution in [0.25, 0.3) is 0 Å². The first-order valence-corrected chi connectivity index (χ1v) is 6.71. The lowest BCUT2D eigenvalue weighted by Crippen LogP contribution is -1.96. The summed E-state index contributed by atoms with van der Waals surface area (Å²) >= 11 is 1.86. The zero-order valence-corrected chi connectivity index (χ0v) is 10.7. The van der Waals surface area contributed by atoms with E-state index in [-0.39, 0.29) is 0 Å². The lowest BCUT2D eigenvalue weighted by molar-refractivity contribution is 0.545. The molecule has 2 rings (SSSR count). The van der Waals surface area contributed by atoms with E-state index in [0.29, 0.717) is 11.8 Å². The van der Waals surface area contributed by atoms with E-state index in [0.717, 1.165) is 0 Å². The smallest absolute Gasteiger partial charge is 0.0937 e. The SMILES string of the molecule is CC(CCC(C)c1cccs1)c1ccoc1. The van der Waals surface area contributed by atoms with Crippen molar-refractivity contribution in [1.82, 2.24) is 0 Å². The van der Waals surface area contributed by atoms with Gasteiger partial charge in [0.25, 0.3) is 0 Å². The third kappa shape index (κ3) is 2.76. The van der Waals surface area contributed by atoms with Crippen LogP contribution in [0.2, 0.25) is 0 Å². The summed E-state index contributed by atoms with van der Waals surface area (Å²) in [4.78, 5) is 1.50. The molecule has 0 aromatic carbocycles. The van der Waals surface area contributed by atoms with Crippen LogP contribution >= 0.6 is 11.3 Å². The largest absolute Gasteiger partial charge is 0.472 e. The van der Waals surface area contributed by atoms with Crippen molar-refractivity contribution in [2.24, 2.45) is 0 Å². The van der Waals surface area contributed by atoms with Crippen molar-refractivity contribution in [3.8, 4) is 0 Å². The number of hydrogen-bond acceptors (Lipinski definition) is 2. The van der Waals surface area contributed by atoms with Crippen LogP contribution in [0.5, 0.6) is 0 Å². The van der Waals surface area contributed by atoms with E-state index < -0.39 is 0 Å². The van der Waals surface area contributed by atoms with E-state index in [4.69, 9.17) is 4.42 Å². The van der Waals surface area contributed by atoms with Gasteiger partial charge >= 0.3 is 0 Å². The minimum Gasteiger partial charge on any atom is -0.472 e. The van der Waals surface area contributed by atoms with Gasteiger partial charge in [0.15, 0.2) is 0 Å². The predicted octanol–water partition coefficient (Wildman–Crippen LogP) is 5.03. The van der Waals surface area contributed by atoms with Crippen molar-refractivity contribution in [3.63, 3.8) is 0 Å². The molecule has 0 N–H and O–H groups in total. The third-order valence-corrected chi connectivity index (χ3v) is 4.28. The van der Waals surface area contributed by atoms with Crippen LogP contribution in [0.1, 0.15) is 49.0 Å². The molecule has 0 aliphatic carbocycles. The summed E-state index contributed by atoms with van der Waals surface area (Å²) < 4.78 is 5.12. The lowest BCUT2D eigenvalue weighted by Gasteiger charge is -2.13. The normalized spacial score (nSPS) is 14.9. The standard InChI is InChI=1S/C14H18OS/c1-11(13-7-8-15-10-13)5-6-12(2)14-4-3-9-16-14/h3-4,7-12H,5-6H2,1-2H3. The second-order valence-electron chi connectivity index (χ2n) is 4.45. The summed E-state index contributed by atoms with van der Waals surface area (Å²) in [5, 5.41) is 2.16. The van der Waals surface area contributed by atoms with E-state index in [2.05, 4.69) is 37.4 Å². The molecule has 0 radical (unpaired) electrons. The average molecular weight is 234 g/mol. The maximum absolute atomic E-state index is 5.12. The zero-order valence-electron chi connectivity index (χ0n) is 9.85. The second kappa shape index (κ2) is 5.35. The van der Waals surface area contributed by atoms with E-state index in [1.54, 1.807) is 6.26 Å².